The van der Waals surface area contributed by atoms with E-state index < -0.39 is 10.0 Å². The minimum atomic E-state index is -3.57. The Morgan fingerprint density at radius 2 is 1.70 bits per heavy atom. The number of sulfonamides is 1. The molecular formula is C20H19N3O3S. The second kappa shape index (κ2) is 8.11. The maximum Gasteiger partial charge on any atom is 0.258 e. The van der Waals surface area contributed by atoms with Gasteiger partial charge in [-0.2, -0.15) is 0 Å². The molecule has 7 heteroatoms. The van der Waals surface area contributed by atoms with Crippen LogP contribution in [0.5, 0.6) is 0 Å². The third-order valence-electron chi connectivity index (χ3n) is 4.06. The van der Waals surface area contributed by atoms with Gasteiger partial charge in [-0.3, -0.25) is 9.78 Å². The minimum absolute atomic E-state index is 0.143. The van der Waals surface area contributed by atoms with Crippen molar-refractivity contribution in [3.63, 3.8) is 0 Å². The second-order valence-corrected chi connectivity index (χ2v) is 7.68. The molecule has 1 amide bonds. The van der Waals surface area contributed by atoms with E-state index in [1.54, 1.807) is 86.2 Å². The summed E-state index contributed by atoms with van der Waals surface area (Å²) in [6.45, 7) is 0.143. The van der Waals surface area contributed by atoms with E-state index in [-0.39, 0.29) is 17.3 Å². The standard InChI is InChI=1S/C20H19N3O3S/c1-23(18-6-5-13-21-15-18)20(24)17-11-9-16(10-12-17)14-22-27(25,26)19-7-3-2-4-8-19/h2-13,15,22H,14H2,1H3. The molecule has 0 radical (unpaired) electrons. The SMILES string of the molecule is CN(C(=O)c1ccc(CNS(=O)(=O)c2ccccc2)cc1)c1cccnc1. The van der Waals surface area contributed by atoms with Gasteiger partial charge in [0.15, 0.2) is 0 Å². The number of hydrogen-bond donors (Lipinski definition) is 1. The monoisotopic (exact) mass is 381 g/mol. The molecule has 0 spiro atoms. The zero-order valence-corrected chi connectivity index (χ0v) is 15.6. The first-order chi connectivity index (χ1) is 13.0. The van der Waals surface area contributed by atoms with E-state index in [4.69, 9.17) is 0 Å². The van der Waals surface area contributed by atoms with Crippen LogP contribution < -0.4 is 9.62 Å². The lowest BCUT2D eigenvalue weighted by Crippen LogP contribution is -2.26. The molecule has 1 heterocycles. The first kappa shape index (κ1) is 18.8. The van der Waals surface area contributed by atoms with Gasteiger partial charge in [-0.25, -0.2) is 13.1 Å². The summed E-state index contributed by atoms with van der Waals surface area (Å²) >= 11 is 0. The highest BCUT2D eigenvalue weighted by Crippen LogP contribution is 2.15. The topological polar surface area (TPSA) is 79.4 Å². The number of rotatable bonds is 6. The number of nitrogens with zero attached hydrogens (tertiary/aromatic N) is 2. The van der Waals surface area contributed by atoms with E-state index in [1.165, 1.54) is 4.90 Å². The quantitative estimate of drug-likeness (QED) is 0.712. The molecule has 0 aliphatic rings. The molecule has 0 atom stereocenters. The van der Waals surface area contributed by atoms with Gasteiger partial charge in [-0.15, -0.1) is 0 Å². The average molecular weight is 381 g/mol. The first-order valence-corrected chi connectivity index (χ1v) is 9.77. The lowest BCUT2D eigenvalue weighted by molar-refractivity contribution is 0.0993. The normalized spacial score (nSPS) is 11.1. The van der Waals surface area contributed by atoms with Crippen LogP contribution in [-0.4, -0.2) is 26.4 Å². The molecule has 3 rings (SSSR count). The van der Waals surface area contributed by atoms with Crippen LogP contribution in [-0.2, 0) is 16.6 Å². The van der Waals surface area contributed by atoms with Crippen molar-refractivity contribution >= 4 is 21.6 Å². The lowest BCUT2D eigenvalue weighted by atomic mass is 10.1. The molecule has 0 aliphatic carbocycles. The molecule has 27 heavy (non-hydrogen) atoms. The number of aromatic nitrogens is 1. The van der Waals surface area contributed by atoms with Crippen molar-refractivity contribution in [1.29, 1.82) is 0 Å². The molecular weight excluding hydrogens is 362 g/mol. The van der Waals surface area contributed by atoms with Gasteiger partial charge in [0.25, 0.3) is 5.91 Å². The fourth-order valence-corrected chi connectivity index (χ4v) is 3.53. The molecule has 3 aromatic rings. The molecule has 1 aromatic heterocycles. The van der Waals surface area contributed by atoms with E-state index in [0.717, 1.165) is 5.56 Å². The predicted molar refractivity (Wildman–Crippen MR) is 104 cm³/mol. The molecule has 0 saturated carbocycles. The Balaban J connectivity index is 1.66. The molecule has 0 aliphatic heterocycles. The molecule has 0 saturated heterocycles. The van der Waals surface area contributed by atoms with Crippen LogP contribution in [0, 0.1) is 0 Å². The van der Waals surface area contributed by atoms with E-state index in [1.807, 2.05) is 0 Å². The van der Waals surface area contributed by atoms with E-state index in [9.17, 15) is 13.2 Å². The van der Waals surface area contributed by atoms with Gasteiger partial charge in [0.1, 0.15) is 0 Å². The maximum absolute atomic E-state index is 12.5. The summed E-state index contributed by atoms with van der Waals surface area (Å²) < 4.78 is 27.1. The van der Waals surface area contributed by atoms with Crippen LogP contribution in [0.1, 0.15) is 15.9 Å². The highest BCUT2D eigenvalue weighted by Gasteiger charge is 2.15. The lowest BCUT2D eigenvalue weighted by Gasteiger charge is -2.17. The number of pyridine rings is 1. The number of carbonyl (C=O) groups is 1. The smallest absolute Gasteiger partial charge is 0.258 e. The second-order valence-electron chi connectivity index (χ2n) is 5.91. The van der Waals surface area contributed by atoms with Crippen molar-refractivity contribution < 1.29 is 13.2 Å². The Morgan fingerprint density at radius 1 is 1.00 bits per heavy atom. The summed E-state index contributed by atoms with van der Waals surface area (Å²) in [5.74, 6) is -0.167. The molecule has 2 aromatic carbocycles. The summed E-state index contributed by atoms with van der Waals surface area (Å²) in [5, 5.41) is 0. The summed E-state index contributed by atoms with van der Waals surface area (Å²) in [6.07, 6.45) is 3.26. The fraction of sp³-hybridized carbons (Fsp3) is 0.100. The van der Waals surface area contributed by atoms with Crippen molar-refractivity contribution in [2.75, 3.05) is 11.9 Å². The highest BCUT2D eigenvalue weighted by atomic mass is 32.2. The fourth-order valence-electron chi connectivity index (χ4n) is 2.49. The van der Waals surface area contributed by atoms with Crippen molar-refractivity contribution in [2.24, 2.45) is 0 Å². The largest absolute Gasteiger partial charge is 0.310 e. The predicted octanol–water partition coefficient (Wildman–Crippen LogP) is 2.84. The van der Waals surface area contributed by atoms with Crippen molar-refractivity contribution in [3.8, 4) is 0 Å². The van der Waals surface area contributed by atoms with Crippen LogP contribution in [0.2, 0.25) is 0 Å². The van der Waals surface area contributed by atoms with Crippen LogP contribution >= 0.6 is 0 Å². The van der Waals surface area contributed by atoms with Gasteiger partial charge < -0.3 is 4.90 Å². The molecule has 0 unspecified atom stereocenters. The van der Waals surface area contributed by atoms with Gasteiger partial charge in [-0.05, 0) is 42.0 Å². The van der Waals surface area contributed by atoms with Crippen LogP contribution in [0.15, 0.2) is 84.0 Å². The number of anilines is 1. The molecule has 1 N–H and O–H groups in total. The number of amides is 1. The van der Waals surface area contributed by atoms with E-state index in [2.05, 4.69) is 9.71 Å². The zero-order chi connectivity index (χ0) is 19.3. The zero-order valence-electron chi connectivity index (χ0n) is 14.7. The summed E-state index contributed by atoms with van der Waals surface area (Å²) in [4.78, 5) is 18.3. The van der Waals surface area contributed by atoms with Gasteiger partial charge in [0.05, 0.1) is 16.8 Å². The number of nitrogens with one attached hydrogen (secondary N) is 1. The summed E-state index contributed by atoms with van der Waals surface area (Å²) in [6, 6.07) is 18.6. The molecule has 138 valence electrons. The first-order valence-electron chi connectivity index (χ1n) is 8.29. The van der Waals surface area contributed by atoms with Gasteiger partial charge in [0.2, 0.25) is 10.0 Å². The van der Waals surface area contributed by atoms with Crippen molar-refractivity contribution in [3.05, 3.63) is 90.3 Å². The van der Waals surface area contributed by atoms with E-state index >= 15 is 0 Å². The van der Waals surface area contributed by atoms with Gasteiger partial charge in [-0.1, -0.05) is 30.3 Å². The van der Waals surface area contributed by atoms with Crippen LogP contribution in [0.4, 0.5) is 5.69 Å². The number of benzene rings is 2. The van der Waals surface area contributed by atoms with Gasteiger partial charge >= 0.3 is 0 Å². The van der Waals surface area contributed by atoms with Crippen LogP contribution in [0.3, 0.4) is 0 Å². The Hall–Kier alpha value is -3.03. The van der Waals surface area contributed by atoms with Crippen molar-refractivity contribution in [2.45, 2.75) is 11.4 Å². The Bertz CT molecular complexity index is 1010. The molecule has 0 fully saturated rings. The Kier molecular flexibility index (Phi) is 5.63. The molecule has 6 nitrogen and oxygen atoms in total. The van der Waals surface area contributed by atoms with Crippen molar-refractivity contribution in [1.82, 2.24) is 9.71 Å². The maximum atomic E-state index is 12.5. The minimum Gasteiger partial charge on any atom is -0.310 e. The Morgan fingerprint density at radius 3 is 2.33 bits per heavy atom. The third-order valence-corrected chi connectivity index (χ3v) is 5.48. The summed E-state index contributed by atoms with van der Waals surface area (Å²) in [7, 11) is -1.88. The highest BCUT2D eigenvalue weighted by molar-refractivity contribution is 7.89. The van der Waals surface area contributed by atoms with Crippen LogP contribution in [0.25, 0.3) is 0 Å². The average Bonchev–Trinajstić information content (AvgIpc) is 2.73. The summed E-state index contributed by atoms with van der Waals surface area (Å²) in [5.41, 5.74) is 1.97. The number of carbonyl (C=O) groups excluding carboxylic acids is 1. The van der Waals surface area contributed by atoms with E-state index in [0.29, 0.717) is 11.3 Å². The third kappa shape index (κ3) is 4.58. The Labute approximate surface area is 158 Å². The molecule has 0 bridgehead atoms. The van der Waals surface area contributed by atoms with Gasteiger partial charge in [0, 0.05) is 25.4 Å². The number of hydrogen-bond acceptors (Lipinski definition) is 4.